The number of benzene rings is 1. The maximum Gasteiger partial charge on any atom is 0.180 e. The maximum atomic E-state index is 11.4. The largest absolute Gasteiger partial charge is 0.398 e. The average molecular weight is 220 g/mol. The molecule has 1 rings (SSSR count). The molecular formula is C8H10ClNO2S. The quantitative estimate of drug-likeness (QED) is 0.771. The van der Waals surface area contributed by atoms with Crippen LogP contribution in [0, 0.1) is 0 Å². The van der Waals surface area contributed by atoms with Crippen molar-refractivity contribution in [3.63, 3.8) is 0 Å². The van der Waals surface area contributed by atoms with Gasteiger partial charge in [-0.3, -0.25) is 0 Å². The summed E-state index contributed by atoms with van der Waals surface area (Å²) in [6.45, 7) is 1.57. The Bertz CT molecular complexity index is 414. The zero-order valence-electron chi connectivity index (χ0n) is 7.12. The minimum Gasteiger partial charge on any atom is -0.398 e. The highest BCUT2D eigenvalue weighted by Gasteiger charge is 2.14. The summed E-state index contributed by atoms with van der Waals surface area (Å²) < 4.78 is 22.8. The van der Waals surface area contributed by atoms with Crippen molar-refractivity contribution < 1.29 is 8.42 Å². The highest BCUT2D eigenvalue weighted by Crippen LogP contribution is 2.23. The Morgan fingerprint density at radius 3 is 2.54 bits per heavy atom. The molecular weight excluding hydrogens is 210 g/mol. The number of hydrogen-bond acceptors (Lipinski definition) is 3. The van der Waals surface area contributed by atoms with Gasteiger partial charge < -0.3 is 5.73 Å². The van der Waals surface area contributed by atoms with Crippen LogP contribution in [-0.4, -0.2) is 14.2 Å². The molecule has 0 saturated heterocycles. The molecule has 0 aromatic heterocycles. The Kier molecular flexibility index (Phi) is 2.83. The minimum atomic E-state index is -3.23. The van der Waals surface area contributed by atoms with Gasteiger partial charge in [-0.05, 0) is 18.2 Å². The van der Waals surface area contributed by atoms with Crippen LogP contribution in [0.2, 0.25) is 5.02 Å². The van der Waals surface area contributed by atoms with E-state index in [-0.39, 0.29) is 16.3 Å². The molecule has 1 aromatic rings. The Labute approximate surface area is 82.4 Å². The van der Waals surface area contributed by atoms with E-state index in [1.54, 1.807) is 6.92 Å². The molecule has 0 spiro atoms. The van der Waals surface area contributed by atoms with Crippen molar-refractivity contribution in [3.05, 3.63) is 23.2 Å². The first kappa shape index (κ1) is 10.3. The van der Waals surface area contributed by atoms with Gasteiger partial charge in [-0.15, -0.1) is 0 Å². The van der Waals surface area contributed by atoms with Crippen LogP contribution in [0.25, 0.3) is 0 Å². The van der Waals surface area contributed by atoms with Crippen molar-refractivity contribution >= 4 is 27.1 Å². The molecule has 5 heteroatoms. The third-order valence-corrected chi connectivity index (χ3v) is 3.72. The van der Waals surface area contributed by atoms with Crippen molar-refractivity contribution in [2.24, 2.45) is 0 Å². The molecule has 0 aliphatic heterocycles. The van der Waals surface area contributed by atoms with Gasteiger partial charge in [-0.1, -0.05) is 18.5 Å². The molecule has 0 radical (unpaired) electrons. The lowest BCUT2D eigenvalue weighted by Gasteiger charge is -2.04. The second-order valence-electron chi connectivity index (χ2n) is 2.59. The zero-order chi connectivity index (χ0) is 10.1. The molecule has 3 nitrogen and oxygen atoms in total. The molecule has 2 N–H and O–H groups in total. The van der Waals surface area contributed by atoms with Crippen LogP contribution >= 0.6 is 11.6 Å². The smallest absolute Gasteiger partial charge is 0.180 e. The lowest BCUT2D eigenvalue weighted by molar-refractivity contribution is 0.597. The zero-order valence-corrected chi connectivity index (χ0v) is 8.69. The van der Waals surface area contributed by atoms with Crippen molar-refractivity contribution in [1.29, 1.82) is 0 Å². The minimum absolute atomic E-state index is 0.0405. The summed E-state index contributed by atoms with van der Waals surface area (Å²) in [5.41, 5.74) is 5.72. The Hall–Kier alpha value is -0.740. The molecule has 1 aromatic carbocycles. The summed E-state index contributed by atoms with van der Waals surface area (Å²) in [4.78, 5) is 0.152. The lowest BCUT2D eigenvalue weighted by atomic mass is 10.3. The van der Waals surface area contributed by atoms with E-state index >= 15 is 0 Å². The first-order chi connectivity index (χ1) is 5.97. The van der Waals surface area contributed by atoms with E-state index in [1.165, 1.54) is 18.2 Å². The molecule has 0 atom stereocenters. The fourth-order valence-corrected chi connectivity index (χ4v) is 2.14. The molecule has 13 heavy (non-hydrogen) atoms. The molecule has 0 heterocycles. The van der Waals surface area contributed by atoms with Gasteiger partial charge in [0.2, 0.25) is 0 Å². The molecule has 0 aliphatic carbocycles. The second-order valence-corrected chi connectivity index (χ2v) is 5.27. The first-order valence-electron chi connectivity index (χ1n) is 3.75. The number of nitrogen functional groups attached to an aromatic ring is 1. The van der Waals surface area contributed by atoms with Gasteiger partial charge in [0.25, 0.3) is 0 Å². The van der Waals surface area contributed by atoms with Gasteiger partial charge in [0.05, 0.1) is 16.3 Å². The Morgan fingerprint density at radius 2 is 2.08 bits per heavy atom. The highest BCUT2D eigenvalue weighted by molar-refractivity contribution is 7.91. The van der Waals surface area contributed by atoms with E-state index in [0.717, 1.165) is 0 Å². The molecule has 0 bridgehead atoms. The normalized spacial score (nSPS) is 11.5. The van der Waals surface area contributed by atoms with Gasteiger partial charge in [0.1, 0.15) is 0 Å². The summed E-state index contributed by atoms with van der Waals surface area (Å²) in [6.07, 6.45) is 0. The first-order valence-corrected chi connectivity index (χ1v) is 5.78. The second kappa shape index (κ2) is 3.55. The van der Waals surface area contributed by atoms with Crippen LogP contribution < -0.4 is 5.73 Å². The summed E-state index contributed by atoms with van der Waals surface area (Å²) in [7, 11) is -3.23. The molecule has 0 aliphatic rings. The monoisotopic (exact) mass is 219 g/mol. The fraction of sp³-hybridized carbons (Fsp3) is 0.250. The van der Waals surface area contributed by atoms with E-state index in [9.17, 15) is 8.42 Å². The molecule has 0 unspecified atom stereocenters. The van der Waals surface area contributed by atoms with Gasteiger partial charge in [-0.25, -0.2) is 8.42 Å². The molecule has 0 amide bonds. The maximum absolute atomic E-state index is 11.4. The molecule has 0 saturated carbocycles. The van der Waals surface area contributed by atoms with E-state index in [1.807, 2.05) is 0 Å². The standard InChI is InChI=1S/C8H10ClNO2S/c1-2-13(11,12)8-4-3-6(9)5-7(8)10/h3-5H,2,10H2,1H3. The number of hydrogen-bond donors (Lipinski definition) is 1. The van der Waals surface area contributed by atoms with Crippen molar-refractivity contribution in [2.75, 3.05) is 11.5 Å². The number of halogens is 1. The SMILES string of the molecule is CCS(=O)(=O)c1ccc(Cl)cc1N. The predicted octanol–water partition coefficient (Wildman–Crippen LogP) is 1.72. The number of rotatable bonds is 2. The summed E-state index contributed by atoms with van der Waals surface area (Å²) in [5.74, 6) is 0.0405. The lowest BCUT2D eigenvalue weighted by Crippen LogP contribution is -2.06. The van der Waals surface area contributed by atoms with E-state index < -0.39 is 9.84 Å². The summed E-state index contributed by atoms with van der Waals surface area (Å²) in [5, 5.41) is 0.438. The summed E-state index contributed by atoms with van der Waals surface area (Å²) in [6, 6.07) is 4.38. The van der Waals surface area contributed by atoms with Crippen LogP contribution in [0.1, 0.15) is 6.92 Å². The molecule has 72 valence electrons. The van der Waals surface area contributed by atoms with Gasteiger partial charge in [-0.2, -0.15) is 0 Å². The van der Waals surface area contributed by atoms with E-state index in [0.29, 0.717) is 5.02 Å². The van der Waals surface area contributed by atoms with Crippen LogP contribution in [0.3, 0.4) is 0 Å². The van der Waals surface area contributed by atoms with Crippen molar-refractivity contribution in [2.45, 2.75) is 11.8 Å². The topological polar surface area (TPSA) is 60.2 Å². The molecule has 0 fully saturated rings. The summed E-state index contributed by atoms with van der Waals surface area (Å²) >= 11 is 5.64. The van der Waals surface area contributed by atoms with Gasteiger partial charge in [0, 0.05) is 5.02 Å². The van der Waals surface area contributed by atoms with Crippen LogP contribution in [0.5, 0.6) is 0 Å². The number of anilines is 1. The fourth-order valence-electron chi connectivity index (χ4n) is 0.958. The third kappa shape index (κ3) is 2.14. The number of nitrogens with two attached hydrogens (primary N) is 1. The average Bonchev–Trinajstić information content (AvgIpc) is 2.03. The Balaban J connectivity index is 3.33. The van der Waals surface area contributed by atoms with Crippen LogP contribution in [0.4, 0.5) is 5.69 Å². The van der Waals surface area contributed by atoms with Crippen LogP contribution in [-0.2, 0) is 9.84 Å². The van der Waals surface area contributed by atoms with Gasteiger partial charge >= 0.3 is 0 Å². The third-order valence-electron chi connectivity index (χ3n) is 1.69. The van der Waals surface area contributed by atoms with Crippen molar-refractivity contribution in [3.8, 4) is 0 Å². The van der Waals surface area contributed by atoms with E-state index in [4.69, 9.17) is 17.3 Å². The highest BCUT2D eigenvalue weighted by atomic mass is 35.5. The van der Waals surface area contributed by atoms with Crippen LogP contribution in [0.15, 0.2) is 23.1 Å². The predicted molar refractivity (Wildman–Crippen MR) is 53.6 cm³/mol. The van der Waals surface area contributed by atoms with Gasteiger partial charge in [0.15, 0.2) is 9.84 Å². The van der Waals surface area contributed by atoms with Crippen molar-refractivity contribution in [1.82, 2.24) is 0 Å². The Morgan fingerprint density at radius 1 is 1.46 bits per heavy atom. The number of sulfone groups is 1. The van der Waals surface area contributed by atoms with E-state index in [2.05, 4.69) is 0 Å².